The number of esters is 1. The highest BCUT2D eigenvalue weighted by molar-refractivity contribution is 7.99. The standard InChI is InChI=1S/C16H14ClN3O4S/c1-9(13(21)20-16(18)23)24-15(22)12-3-2-8-19-14(12)25-11-6-4-10(17)5-7-11/h2-9H,1H3,(H3,18,20,21,23)/t9-/m0/s1. The predicted molar refractivity (Wildman–Crippen MR) is 92.4 cm³/mol. The molecular weight excluding hydrogens is 366 g/mol. The predicted octanol–water partition coefficient (Wildman–Crippen LogP) is 2.63. The molecule has 1 aromatic carbocycles. The summed E-state index contributed by atoms with van der Waals surface area (Å²) < 4.78 is 5.06. The molecule has 0 aliphatic heterocycles. The minimum absolute atomic E-state index is 0.196. The first-order valence-corrected chi connectivity index (χ1v) is 8.26. The maximum Gasteiger partial charge on any atom is 0.341 e. The summed E-state index contributed by atoms with van der Waals surface area (Å²) >= 11 is 7.10. The van der Waals surface area contributed by atoms with Crippen LogP contribution in [0, 0.1) is 0 Å². The normalized spacial score (nSPS) is 11.4. The second kappa shape index (κ2) is 8.50. The van der Waals surface area contributed by atoms with Gasteiger partial charge in [0.25, 0.3) is 5.91 Å². The molecule has 1 atom stereocenters. The van der Waals surface area contributed by atoms with Crippen LogP contribution in [0.3, 0.4) is 0 Å². The van der Waals surface area contributed by atoms with Crippen LogP contribution in [-0.2, 0) is 9.53 Å². The second-order valence-electron chi connectivity index (χ2n) is 4.81. The minimum Gasteiger partial charge on any atom is -0.449 e. The molecule has 1 heterocycles. The third-order valence-electron chi connectivity index (χ3n) is 2.92. The van der Waals surface area contributed by atoms with Crippen LogP contribution in [-0.4, -0.2) is 29.0 Å². The lowest BCUT2D eigenvalue weighted by Gasteiger charge is -2.13. The Balaban J connectivity index is 2.13. The fraction of sp³-hybridized carbons (Fsp3) is 0.125. The van der Waals surface area contributed by atoms with Gasteiger partial charge in [0.15, 0.2) is 6.10 Å². The van der Waals surface area contributed by atoms with Crippen LogP contribution >= 0.6 is 23.4 Å². The van der Waals surface area contributed by atoms with Crippen LogP contribution in [0.15, 0.2) is 52.5 Å². The number of nitrogens with one attached hydrogen (secondary N) is 1. The average molecular weight is 380 g/mol. The van der Waals surface area contributed by atoms with Gasteiger partial charge in [-0.1, -0.05) is 23.4 Å². The zero-order valence-corrected chi connectivity index (χ0v) is 14.6. The number of pyridine rings is 1. The first-order chi connectivity index (χ1) is 11.9. The van der Waals surface area contributed by atoms with E-state index in [0.29, 0.717) is 10.0 Å². The van der Waals surface area contributed by atoms with Gasteiger partial charge in [0, 0.05) is 16.1 Å². The van der Waals surface area contributed by atoms with E-state index in [1.807, 2.05) is 5.32 Å². The molecule has 9 heteroatoms. The van der Waals surface area contributed by atoms with Crippen molar-refractivity contribution in [3.05, 3.63) is 53.2 Å². The monoisotopic (exact) mass is 379 g/mol. The number of imide groups is 1. The summed E-state index contributed by atoms with van der Waals surface area (Å²) in [5, 5.41) is 2.86. The molecule has 3 N–H and O–H groups in total. The Morgan fingerprint density at radius 1 is 1.24 bits per heavy atom. The number of carbonyl (C=O) groups is 3. The first kappa shape index (κ1) is 18.8. The molecule has 1 aromatic heterocycles. The number of amides is 3. The summed E-state index contributed by atoms with van der Waals surface area (Å²) in [5.41, 5.74) is 5.06. The van der Waals surface area contributed by atoms with Crippen LogP contribution in [0.4, 0.5) is 4.79 Å². The lowest BCUT2D eigenvalue weighted by Crippen LogP contribution is -2.42. The highest BCUT2D eigenvalue weighted by atomic mass is 35.5. The Morgan fingerprint density at radius 2 is 1.92 bits per heavy atom. The molecule has 2 rings (SSSR count). The highest BCUT2D eigenvalue weighted by Crippen LogP contribution is 2.29. The van der Waals surface area contributed by atoms with Gasteiger partial charge < -0.3 is 10.5 Å². The average Bonchev–Trinajstić information content (AvgIpc) is 2.56. The SMILES string of the molecule is C[C@H](OC(=O)c1cccnc1Sc1ccc(Cl)cc1)C(=O)NC(N)=O. The van der Waals surface area contributed by atoms with Crippen molar-refractivity contribution in [1.29, 1.82) is 0 Å². The summed E-state index contributed by atoms with van der Waals surface area (Å²) in [5.74, 6) is -1.55. The van der Waals surface area contributed by atoms with Crippen LogP contribution < -0.4 is 11.1 Å². The summed E-state index contributed by atoms with van der Waals surface area (Å²) in [6, 6.07) is 9.12. The minimum atomic E-state index is -1.19. The van der Waals surface area contributed by atoms with E-state index < -0.39 is 24.0 Å². The van der Waals surface area contributed by atoms with Crippen molar-refractivity contribution in [2.45, 2.75) is 22.9 Å². The molecule has 0 aliphatic carbocycles. The van der Waals surface area contributed by atoms with E-state index in [2.05, 4.69) is 4.98 Å². The fourth-order valence-corrected chi connectivity index (χ4v) is 2.74. The fourth-order valence-electron chi connectivity index (χ4n) is 1.74. The molecule has 0 saturated carbocycles. The molecule has 0 fully saturated rings. The number of hydrogen-bond donors (Lipinski definition) is 2. The molecule has 130 valence electrons. The summed E-state index contributed by atoms with van der Waals surface area (Å²) in [6.07, 6.45) is 0.353. The van der Waals surface area contributed by atoms with Crippen LogP contribution in [0.2, 0.25) is 5.02 Å². The van der Waals surface area contributed by atoms with Crippen molar-refractivity contribution in [3.8, 4) is 0 Å². The molecule has 25 heavy (non-hydrogen) atoms. The van der Waals surface area contributed by atoms with E-state index in [1.54, 1.807) is 30.3 Å². The van der Waals surface area contributed by atoms with E-state index in [9.17, 15) is 14.4 Å². The third-order valence-corrected chi connectivity index (χ3v) is 4.20. The maximum atomic E-state index is 12.3. The molecule has 0 spiro atoms. The van der Waals surface area contributed by atoms with E-state index in [1.165, 1.54) is 30.9 Å². The van der Waals surface area contributed by atoms with Gasteiger partial charge in [-0.2, -0.15) is 0 Å². The molecule has 0 radical (unpaired) electrons. The highest BCUT2D eigenvalue weighted by Gasteiger charge is 2.22. The number of halogens is 1. The Bertz CT molecular complexity index is 798. The molecule has 2 aromatic rings. The van der Waals surface area contributed by atoms with Gasteiger partial charge in [-0.05, 0) is 43.3 Å². The van der Waals surface area contributed by atoms with Gasteiger partial charge in [0.1, 0.15) is 5.03 Å². The zero-order chi connectivity index (χ0) is 18.4. The van der Waals surface area contributed by atoms with E-state index in [-0.39, 0.29) is 5.56 Å². The number of nitrogens with zero attached hydrogens (tertiary/aromatic N) is 1. The first-order valence-electron chi connectivity index (χ1n) is 7.06. The molecule has 3 amide bonds. The number of carbonyl (C=O) groups excluding carboxylic acids is 3. The van der Waals surface area contributed by atoms with E-state index >= 15 is 0 Å². The van der Waals surface area contributed by atoms with Crippen LogP contribution in [0.5, 0.6) is 0 Å². The van der Waals surface area contributed by atoms with Gasteiger partial charge in [-0.3, -0.25) is 10.1 Å². The van der Waals surface area contributed by atoms with Crippen LogP contribution in [0.25, 0.3) is 0 Å². The Labute approximate surface area is 152 Å². The lowest BCUT2D eigenvalue weighted by atomic mass is 10.3. The van der Waals surface area contributed by atoms with E-state index in [4.69, 9.17) is 22.1 Å². The van der Waals surface area contributed by atoms with Crippen molar-refractivity contribution in [2.75, 3.05) is 0 Å². The van der Waals surface area contributed by atoms with Crippen molar-refractivity contribution in [2.24, 2.45) is 5.73 Å². The van der Waals surface area contributed by atoms with Crippen LogP contribution in [0.1, 0.15) is 17.3 Å². The topological polar surface area (TPSA) is 111 Å². The molecule has 7 nitrogen and oxygen atoms in total. The second-order valence-corrected chi connectivity index (χ2v) is 6.31. The number of nitrogens with two attached hydrogens (primary N) is 1. The van der Waals surface area contributed by atoms with Crippen molar-refractivity contribution in [1.82, 2.24) is 10.3 Å². The molecular formula is C16H14ClN3O4S. The Kier molecular flexibility index (Phi) is 6.37. The van der Waals surface area contributed by atoms with Gasteiger partial charge in [0.2, 0.25) is 0 Å². The van der Waals surface area contributed by atoms with Crippen molar-refractivity contribution < 1.29 is 19.1 Å². The number of primary amides is 1. The molecule has 0 aliphatic rings. The number of aromatic nitrogens is 1. The number of hydrogen-bond acceptors (Lipinski definition) is 6. The van der Waals surface area contributed by atoms with Crippen molar-refractivity contribution in [3.63, 3.8) is 0 Å². The summed E-state index contributed by atoms with van der Waals surface area (Å²) in [6.45, 7) is 1.33. The number of ether oxygens (including phenoxy) is 1. The molecule has 0 unspecified atom stereocenters. The maximum absolute atomic E-state index is 12.3. The Hall–Kier alpha value is -2.58. The quantitative estimate of drug-likeness (QED) is 0.772. The smallest absolute Gasteiger partial charge is 0.341 e. The van der Waals surface area contributed by atoms with Gasteiger partial charge in [0.05, 0.1) is 5.56 Å². The number of urea groups is 1. The zero-order valence-electron chi connectivity index (χ0n) is 13.1. The third kappa shape index (κ3) is 5.47. The van der Waals surface area contributed by atoms with E-state index in [0.717, 1.165) is 4.90 Å². The summed E-state index contributed by atoms with van der Waals surface area (Å²) in [7, 11) is 0. The summed E-state index contributed by atoms with van der Waals surface area (Å²) in [4.78, 5) is 39.6. The van der Waals surface area contributed by atoms with Crippen molar-refractivity contribution >= 4 is 41.3 Å². The van der Waals surface area contributed by atoms with Gasteiger partial charge in [-0.25, -0.2) is 14.6 Å². The molecule has 0 saturated heterocycles. The number of benzene rings is 1. The van der Waals surface area contributed by atoms with Gasteiger partial charge in [-0.15, -0.1) is 0 Å². The Morgan fingerprint density at radius 3 is 2.56 bits per heavy atom. The molecule has 0 bridgehead atoms. The van der Waals surface area contributed by atoms with Gasteiger partial charge >= 0.3 is 12.0 Å². The lowest BCUT2D eigenvalue weighted by molar-refractivity contribution is -0.127. The number of rotatable bonds is 5. The largest absolute Gasteiger partial charge is 0.449 e.